The van der Waals surface area contributed by atoms with Gasteiger partial charge in [0.2, 0.25) is 0 Å². The number of hydrogen-bond donors (Lipinski definition) is 2. The average Bonchev–Trinajstić information content (AvgIpc) is 3.21. The summed E-state index contributed by atoms with van der Waals surface area (Å²) in [6.45, 7) is 0.959. The summed E-state index contributed by atoms with van der Waals surface area (Å²) in [5.74, 6) is 2.62. The maximum absolute atomic E-state index is 10.2. The van der Waals surface area contributed by atoms with Crippen molar-refractivity contribution in [1.29, 1.82) is 0 Å². The third-order valence-corrected chi connectivity index (χ3v) is 5.53. The predicted molar refractivity (Wildman–Crippen MR) is 92.7 cm³/mol. The molecule has 4 atom stereocenters. The van der Waals surface area contributed by atoms with Gasteiger partial charge in [-0.1, -0.05) is 42.8 Å². The Balaban J connectivity index is 1.30. The van der Waals surface area contributed by atoms with Crippen molar-refractivity contribution in [1.82, 2.24) is 5.32 Å². The Morgan fingerprint density at radius 3 is 2.78 bits per heavy atom. The Kier molecular flexibility index (Phi) is 4.23. The lowest BCUT2D eigenvalue weighted by atomic mass is 9.95. The highest BCUT2D eigenvalue weighted by molar-refractivity contribution is 5.88. The summed E-state index contributed by atoms with van der Waals surface area (Å²) < 4.78 is 5.87. The molecule has 2 fully saturated rings. The zero-order chi connectivity index (χ0) is 15.6. The standard InChI is InChI=1S/C20H25NO2/c22-17(12-21-19-11-14-8-9-16(19)10-14)13-23-20-7-3-5-15-4-1-2-6-18(15)20/h1-7,14,16-17,19,21-22H,8-13H2/t14-,16-,17-,19-/m1/s1. The van der Waals surface area contributed by atoms with Crippen LogP contribution in [0, 0.1) is 11.8 Å². The Morgan fingerprint density at radius 2 is 1.96 bits per heavy atom. The number of benzene rings is 2. The SMILES string of the molecule is O[C@H](CN[C@@H]1C[C@@H]2CC[C@@H]1C2)COc1cccc2ccccc12. The molecule has 0 amide bonds. The molecule has 2 aromatic carbocycles. The van der Waals surface area contributed by atoms with Gasteiger partial charge in [0.1, 0.15) is 18.5 Å². The molecule has 2 aliphatic carbocycles. The van der Waals surface area contributed by atoms with Crippen LogP contribution in [0.4, 0.5) is 0 Å². The lowest BCUT2D eigenvalue weighted by Crippen LogP contribution is -2.40. The van der Waals surface area contributed by atoms with Crippen LogP contribution in [0.2, 0.25) is 0 Å². The summed E-state index contributed by atoms with van der Waals surface area (Å²) in [7, 11) is 0. The summed E-state index contributed by atoms with van der Waals surface area (Å²) in [6, 6.07) is 14.8. The normalized spacial score (nSPS) is 27.4. The molecule has 2 aliphatic rings. The van der Waals surface area contributed by atoms with Crippen molar-refractivity contribution in [2.75, 3.05) is 13.2 Å². The fourth-order valence-corrected chi connectivity index (χ4v) is 4.35. The minimum Gasteiger partial charge on any atom is -0.490 e. The number of rotatable bonds is 6. The summed E-state index contributed by atoms with van der Waals surface area (Å²) in [6.07, 6.45) is 5.00. The number of hydrogen-bond acceptors (Lipinski definition) is 3. The van der Waals surface area contributed by atoms with E-state index in [0.717, 1.165) is 23.0 Å². The van der Waals surface area contributed by atoms with E-state index in [0.29, 0.717) is 19.2 Å². The van der Waals surface area contributed by atoms with Gasteiger partial charge in [-0.3, -0.25) is 0 Å². The van der Waals surface area contributed by atoms with Gasteiger partial charge in [-0.15, -0.1) is 0 Å². The maximum Gasteiger partial charge on any atom is 0.127 e. The zero-order valence-electron chi connectivity index (χ0n) is 13.4. The molecule has 0 radical (unpaired) electrons. The van der Waals surface area contributed by atoms with E-state index in [4.69, 9.17) is 4.74 Å². The molecular weight excluding hydrogens is 286 g/mol. The Bertz CT molecular complexity index is 666. The minimum absolute atomic E-state index is 0.335. The van der Waals surface area contributed by atoms with Gasteiger partial charge in [-0.05, 0) is 42.6 Å². The summed E-state index contributed by atoms with van der Waals surface area (Å²) in [5.41, 5.74) is 0. The number of nitrogens with one attached hydrogen (secondary N) is 1. The molecule has 0 aliphatic heterocycles. The average molecular weight is 311 g/mol. The number of aliphatic hydroxyl groups excluding tert-OH is 1. The van der Waals surface area contributed by atoms with Crippen molar-refractivity contribution in [3.05, 3.63) is 42.5 Å². The first-order valence-corrected chi connectivity index (χ1v) is 8.81. The van der Waals surface area contributed by atoms with Crippen LogP contribution in [-0.4, -0.2) is 30.4 Å². The largest absolute Gasteiger partial charge is 0.490 e. The summed E-state index contributed by atoms with van der Waals surface area (Å²) in [5, 5.41) is 16.0. The molecule has 122 valence electrons. The minimum atomic E-state index is -0.465. The first-order valence-electron chi connectivity index (χ1n) is 8.81. The molecule has 3 heteroatoms. The fourth-order valence-electron chi connectivity index (χ4n) is 4.35. The van der Waals surface area contributed by atoms with Crippen LogP contribution >= 0.6 is 0 Å². The lowest BCUT2D eigenvalue weighted by Gasteiger charge is -2.24. The van der Waals surface area contributed by atoms with Gasteiger partial charge in [-0.2, -0.15) is 0 Å². The van der Waals surface area contributed by atoms with Crippen LogP contribution in [0.15, 0.2) is 42.5 Å². The van der Waals surface area contributed by atoms with Crippen molar-refractivity contribution in [3.8, 4) is 5.75 Å². The quantitative estimate of drug-likeness (QED) is 0.859. The molecule has 2 bridgehead atoms. The highest BCUT2D eigenvalue weighted by Gasteiger charge is 2.39. The predicted octanol–water partition coefficient (Wildman–Crippen LogP) is 3.36. The molecule has 2 N–H and O–H groups in total. The van der Waals surface area contributed by atoms with Gasteiger partial charge >= 0.3 is 0 Å². The molecule has 2 aromatic rings. The Labute approximate surface area is 137 Å². The van der Waals surface area contributed by atoms with Gasteiger partial charge in [0.15, 0.2) is 0 Å². The lowest BCUT2D eigenvalue weighted by molar-refractivity contribution is 0.102. The van der Waals surface area contributed by atoms with Crippen LogP contribution in [0.3, 0.4) is 0 Å². The smallest absolute Gasteiger partial charge is 0.127 e. The molecule has 0 aromatic heterocycles. The van der Waals surface area contributed by atoms with Crippen molar-refractivity contribution in [2.45, 2.75) is 37.8 Å². The molecule has 3 nitrogen and oxygen atoms in total. The van der Waals surface area contributed by atoms with Gasteiger partial charge in [0.25, 0.3) is 0 Å². The Morgan fingerprint density at radius 1 is 1.09 bits per heavy atom. The van der Waals surface area contributed by atoms with E-state index in [1.165, 1.54) is 31.1 Å². The van der Waals surface area contributed by atoms with Crippen LogP contribution in [0.5, 0.6) is 5.75 Å². The van der Waals surface area contributed by atoms with Gasteiger partial charge < -0.3 is 15.2 Å². The number of aliphatic hydroxyl groups is 1. The number of fused-ring (bicyclic) bond motifs is 3. The van der Waals surface area contributed by atoms with Gasteiger partial charge in [-0.25, -0.2) is 0 Å². The van der Waals surface area contributed by atoms with E-state index in [1.807, 2.05) is 24.3 Å². The van der Waals surface area contributed by atoms with E-state index in [-0.39, 0.29) is 0 Å². The fraction of sp³-hybridized carbons (Fsp3) is 0.500. The molecule has 2 saturated carbocycles. The molecule has 4 rings (SSSR count). The topological polar surface area (TPSA) is 41.5 Å². The second-order valence-electron chi connectivity index (χ2n) is 7.13. The van der Waals surface area contributed by atoms with Crippen molar-refractivity contribution in [2.24, 2.45) is 11.8 Å². The van der Waals surface area contributed by atoms with Gasteiger partial charge in [0.05, 0.1) is 0 Å². The monoisotopic (exact) mass is 311 g/mol. The van der Waals surface area contributed by atoms with E-state index >= 15 is 0 Å². The summed E-state index contributed by atoms with van der Waals surface area (Å²) in [4.78, 5) is 0. The molecular formula is C20H25NO2. The first-order chi connectivity index (χ1) is 11.3. The van der Waals surface area contributed by atoms with Crippen molar-refractivity contribution >= 4 is 10.8 Å². The zero-order valence-corrected chi connectivity index (χ0v) is 13.4. The van der Waals surface area contributed by atoms with Crippen molar-refractivity contribution in [3.63, 3.8) is 0 Å². The summed E-state index contributed by atoms with van der Waals surface area (Å²) >= 11 is 0. The molecule has 0 spiro atoms. The van der Waals surface area contributed by atoms with E-state index in [9.17, 15) is 5.11 Å². The molecule has 0 unspecified atom stereocenters. The van der Waals surface area contributed by atoms with Crippen LogP contribution in [0.25, 0.3) is 10.8 Å². The number of ether oxygens (including phenoxy) is 1. The van der Waals surface area contributed by atoms with Crippen LogP contribution in [0.1, 0.15) is 25.7 Å². The third-order valence-electron chi connectivity index (χ3n) is 5.53. The van der Waals surface area contributed by atoms with E-state index in [2.05, 4.69) is 23.5 Å². The van der Waals surface area contributed by atoms with Crippen LogP contribution < -0.4 is 10.1 Å². The first kappa shape index (κ1) is 15.0. The molecule has 23 heavy (non-hydrogen) atoms. The van der Waals surface area contributed by atoms with Crippen LogP contribution in [-0.2, 0) is 0 Å². The van der Waals surface area contributed by atoms with E-state index < -0.39 is 6.10 Å². The van der Waals surface area contributed by atoms with Gasteiger partial charge in [0, 0.05) is 18.0 Å². The molecule has 0 saturated heterocycles. The highest BCUT2D eigenvalue weighted by atomic mass is 16.5. The van der Waals surface area contributed by atoms with Crippen molar-refractivity contribution < 1.29 is 9.84 Å². The second kappa shape index (κ2) is 6.50. The molecule has 0 heterocycles. The third kappa shape index (κ3) is 3.22. The van der Waals surface area contributed by atoms with E-state index in [1.54, 1.807) is 0 Å². The second-order valence-corrected chi connectivity index (χ2v) is 7.13. The Hall–Kier alpha value is -1.58. The highest BCUT2D eigenvalue weighted by Crippen LogP contribution is 2.44. The maximum atomic E-state index is 10.2.